The molecule has 8 heteroatoms. The molecule has 168 valence electrons. The number of halogens is 1. The maximum Gasteiger partial charge on any atom is 0.244 e. The first-order valence-electron chi connectivity index (χ1n) is 10.1. The summed E-state index contributed by atoms with van der Waals surface area (Å²) in [5.41, 5.74) is 3.27. The molecule has 3 aromatic rings. The average molecular weight is 456 g/mol. The van der Waals surface area contributed by atoms with Crippen LogP contribution in [0.25, 0.3) is 0 Å². The third kappa shape index (κ3) is 5.72. The molecule has 2 N–H and O–H groups in total. The second-order valence-electron chi connectivity index (χ2n) is 7.68. The van der Waals surface area contributed by atoms with E-state index in [0.29, 0.717) is 5.69 Å². The first kappa shape index (κ1) is 23.4. The zero-order valence-corrected chi connectivity index (χ0v) is 19.0. The molecule has 0 heterocycles. The van der Waals surface area contributed by atoms with Crippen molar-refractivity contribution in [2.24, 2.45) is 0 Å². The molecule has 0 fully saturated rings. The molecule has 3 aromatic carbocycles. The van der Waals surface area contributed by atoms with Gasteiger partial charge in [0.15, 0.2) is 0 Å². The number of hydrogen-bond donors (Lipinski definition) is 2. The normalized spacial score (nSPS) is 12.2. The van der Waals surface area contributed by atoms with Gasteiger partial charge >= 0.3 is 0 Å². The van der Waals surface area contributed by atoms with Gasteiger partial charge in [0.1, 0.15) is 16.8 Å². The molecule has 0 radical (unpaired) electrons. The molecule has 0 aliphatic rings. The van der Waals surface area contributed by atoms with Crippen molar-refractivity contribution in [3.05, 3.63) is 89.7 Å². The third-order valence-corrected chi connectivity index (χ3v) is 6.47. The van der Waals surface area contributed by atoms with Crippen molar-refractivity contribution in [2.45, 2.75) is 24.3 Å². The fourth-order valence-electron chi connectivity index (χ4n) is 3.42. The van der Waals surface area contributed by atoms with Crippen LogP contribution in [0.2, 0.25) is 0 Å². The summed E-state index contributed by atoms with van der Waals surface area (Å²) in [6, 6.07) is 18.4. The molecular formula is C24H26FN3O3S. The number of hydrogen-bond acceptors (Lipinski definition) is 4. The van der Waals surface area contributed by atoms with Gasteiger partial charge in [0, 0.05) is 25.5 Å². The molecular weight excluding hydrogens is 429 g/mol. The Morgan fingerprint density at radius 2 is 1.66 bits per heavy atom. The Morgan fingerprint density at radius 3 is 2.28 bits per heavy atom. The van der Waals surface area contributed by atoms with E-state index in [-0.39, 0.29) is 6.42 Å². The first-order valence-corrected chi connectivity index (χ1v) is 11.6. The van der Waals surface area contributed by atoms with Gasteiger partial charge in [-0.3, -0.25) is 4.79 Å². The van der Waals surface area contributed by atoms with Gasteiger partial charge in [-0.15, -0.1) is 0 Å². The van der Waals surface area contributed by atoms with Crippen LogP contribution in [0.4, 0.5) is 15.8 Å². The zero-order valence-electron chi connectivity index (χ0n) is 18.2. The second kappa shape index (κ2) is 9.93. The number of sulfonamides is 1. The molecule has 3 rings (SSSR count). The minimum Gasteiger partial charge on any atom is -0.377 e. The fraction of sp³-hybridized carbons (Fsp3) is 0.208. The van der Waals surface area contributed by atoms with Gasteiger partial charge < -0.3 is 10.2 Å². The van der Waals surface area contributed by atoms with E-state index in [1.165, 1.54) is 18.2 Å². The van der Waals surface area contributed by atoms with Crippen LogP contribution in [0.3, 0.4) is 0 Å². The van der Waals surface area contributed by atoms with E-state index in [0.717, 1.165) is 22.9 Å². The molecule has 0 unspecified atom stereocenters. The highest BCUT2D eigenvalue weighted by Gasteiger charge is 2.28. The molecule has 1 amide bonds. The van der Waals surface area contributed by atoms with Gasteiger partial charge in [-0.1, -0.05) is 42.5 Å². The lowest BCUT2D eigenvalue weighted by Gasteiger charge is -2.20. The quantitative estimate of drug-likeness (QED) is 0.543. The summed E-state index contributed by atoms with van der Waals surface area (Å²) in [6.45, 7) is 1.92. The second-order valence-corrected chi connectivity index (χ2v) is 9.36. The number of amides is 1. The standard InChI is InChI=1S/C24H26FN3O3S/c1-17-15-19(13-14-22(17)28(2)3)26-24(29)21(16-18-9-5-4-6-10-18)27-32(30,31)23-12-8-7-11-20(23)25/h4-15,21,27H,16H2,1-3H3,(H,26,29)/t21-/m0/s1. The fourth-order valence-corrected chi connectivity index (χ4v) is 4.69. The molecule has 0 aliphatic carbocycles. The summed E-state index contributed by atoms with van der Waals surface area (Å²) in [5.74, 6) is -1.42. The molecule has 0 saturated heterocycles. The van der Waals surface area contributed by atoms with Crippen LogP contribution >= 0.6 is 0 Å². The molecule has 32 heavy (non-hydrogen) atoms. The number of nitrogens with zero attached hydrogens (tertiary/aromatic N) is 1. The lowest BCUT2D eigenvalue weighted by Crippen LogP contribution is -2.45. The van der Waals surface area contributed by atoms with Crippen molar-refractivity contribution in [2.75, 3.05) is 24.3 Å². The van der Waals surface area contributed by atoms with Crippen LogP contribution in [-0.4, -0.2) is 34.5 Å². The van der Waals surface area contributed by atoms with Crippen molar-refractivity contribution in [1.29, 1.82) is 0 Å². The van der Waals surface area contributed by atoms with E-state index < -0.39 is 32.7 Å². The smallest absolute Gasteiger partial charge is 0.244 e. The Labute approximate surface area is 188 Å². The number of carbonyl (C=O) groups excluding carboxylic acids is 1. The van der Waals surface area contributed by atoms with Crippen molar-refractivity contribution >= 4 is 27.3 Å². The summed E-state index contributed by atoms with van der Waals surface area (Å²) >= 11 is 0. The Balaban J connectivity index is 1.88. The summed E-state index contributed by atoms with van der Waals surface area (Å²) in [7, 11) is -0.417. The number of nitrogens with one attached hydrogen (secondary N) is 2. The predicted molar refractivity (Wildman–Crippen MR) is 125 cm³/mol. The van der Waals surface area contributed by atoms with Crippen LogP contribution in [0.15, 0.2) is 77.7 Å². The van der Waals surface area contributed by atoms with E-state index in [1.807, 2.05) is 44.1 Å². The SMILES string of the molecule is Cc1cc(NC(=O)[C@H](Cc2ccccc2)NS(=O)(=O)c2ccccc2F)ccc1N(C)C. The van der Waals surface area contributed by atoms with Crippen LogP contribution in [-0.2, 0) is 21.2 Å². The Bertz CT molecular complexity index is 1200. The summed E-state index contributed by atoms with van der Waals surface area (Å²) in [6.07, 6.45) is 0.106. The summed E-state index contributed by atoms with van der Waals surface area (Å²) < 4.78 is 42.2. The highest BCUT2D eigenvalue weighted by Crippen LogP contribution is 2.22. The molecule has 6 nitrogen and oxygen atoms in total. The van der Waals surface area contributed by atoms with Gasteiger partial charge in [-0.05, 0) is 54.8 Å². The highest BCUT2D eigenvalue weighted by molar-refractivity contribution is 7.89. The lowest BCUT2D eigenvalue weighted by molar-refractivity contribution is -0.117. The minimum atomic E-state index is -4.27. The van der Waals surface area contributed by atoms with Crippen LogP contribution in [0.1, 0.15) is 11.1 Å². The number of carbonyl (C=O) groups is 1. The molecule has 0 aliphatic heterocycles. The molecule has 0 spiro atoms. The number of benzene rings is 3. The largest absolute Gasteiger partial charge is 0.377 e. The molecule has 0 bridgehead atoms. The van der Waals surface area contributed by atoms with E-state index in [1.54, 1.807) is 30.3 Å². The first-order chi connectivity index (χ1) is 15.2. The van der Waals surface area contributed by atoms with E-state index in [2.05, 4.69) is 10.0 Å². The van der Waals surface area contributed by atoms with Gasteiger partial charge in [-0.25, -0.2) is 12.8 Å². The van der Waals surface area contributed by atoms with Gasteiger partial charge in [-0.2, -0.15) is 4.72 Å². The minimum absolute atomic E-state index is 0.106. The van der Waals surface area contributed by atoms with Crippen LogP contribution in [0.5, 0.6) is 0 Å². The monoisotopic (exact) mass is 455 g/mol. The van der Waals surface area contributed by atoms with Gasteiger partial charge in [0.05, 0.1) is 0 Å². The Kier molecular flexibility index (Phi) is 7.27. The van der Waals surface area contributed by atoms with Crippen molar-refractivity contribution in [1.82, 2.24) is 4.72 Å². The van der Waals surface area contributed by atoms with Crippen molar-refractivity contribution in [3.8, 4) is 0 Å². The lowest BCUT2D eigenvalue weighted by atomic mass is 10.1. The molecule has 0 saturated carbocycles. The highest BCUT2D eigenvalue weighted by atomic mass is 32.2. The average Bonchev–Trinajstić information content (AvgIpc) is 2.74. The number of anilines is 2. The number of rotatable bonds is 8. The Hall–Kier alpha value is -3.23. The van der Waals surface area contributed by atoms with E-state index in [9.17, 15) is 17.6 Å². The Morgan fingerprint density at radius 1 is 1.00 bits per heavy atom. The van der Waals surface area contributed by atoms with Gasteiger partial charge in [0.25, 0.3) is 0 Å². The molecule has 1 atom stereocenters. The van der Waals surface area contributed by atoms with Crippen molar-refractivity contribution < 1.29 is 17.6 Å². The maximum absolute atomic E-state index is 14.1. The maximum atomic E-state index is 14.1. The predicted octanol–water partition coefficient (Wildman–Crippen LogP) is 3.73. The van der Waals surface area contributed by atoms with Gasteiger partial charge in [0.2, 0.25) is 15.9 Å². The zero-order chi connectivity index (χ0) is 23.3. The number of aryl methyl sites for hydroxylation is 1. The third-order valence-electron chi connectivity index (χ3n) is 4.97. The summed E-state index contributed by atoms with van der Waals surface area (Å²) in [4.78, 5) is 14.6. The topological polar surface area (TPSA) is 78.5 Å². The van der Waals surface area contributed by atoms with Crippen LogP contribution in [0, 0.1) is 12.7 Å². The summed E-state index contributed by atoms with van der Waals surface area (Å²) in [5, 5.41) is 2.78. The van der Waals surface area contributed by atoms with Crippen molar-refractivity contribution in [3.63, 3.8) is 0 Å². The van der Waals surface area contributed by atoms with E-state index in [4.69, 9.17) is 0 Å². The molecule has 0 aromatic heterocycles. The van der Waals surface area contributed by atoms with E-state index >= 15 is 0 Å². The van der Waals surface area contributed by atoms with Crippen LogP contribution < -0.4 is 14.9 Å².